The van der Waals surface area contributed by atoms with Crippen LogP contribution in [-0.2, 0) is 11.2 Å². The second-order valence-corrected chi connectivity index (χ2v) is 2.90. The summed E-state index contributed by atoms with van der Waals surface area (Å²) < 4.78 is 0. The van der Waals surface area contributed by atoms with Crippen LogP contribution < -0.4 is 5.32 Å². The standard InChI is InChI=1S/C10H13NO2/c1-11-9(7-12)6-8-2-4-10(13)5-3-8/h2-5,7,9,11,13H,6H2,1H3/t9-/m1/s1. The van der Waals surface area contributed by atoms with Crippen LogP contribution in [0.2, 0.25) is 0 Å². The number of hydrogen-bond donors (Lipinski definition) is 2. The molecule has 0 aliphatic rings. The molecule has 0 radical (unpaired) electrons. The molecular weight excluding hydrogens is 166 g/mol. The maximum atomic E-state index is 10.5. The normalized spacial score (nSPS) is 12.4. The Morgan fingerprint density at radius 2 is 2.08 bits per heavy atom. The first-order valence-corrected chi connectivity index (χ1v) is 4.16. The smallest absolute Gasteiger partial charge is 0.137 e. The Morgan fingerprint density at radius 1 is 1.46 bits per heavy atom. The largest absolute Gasteiger partial charge is 0.508 e. The van der Waals surface area contributed by atoms with Crippen LogP contribution in [0.15, 0.2) is 24.3 Å². The number of phenolic OH excluding ortho intramolecular Hbond substituents is 1. The van der Waals surface area contributed by atoms with Crippen LogP contribution in [0.25, 0.3) is 0 Å². The molecule has 0 aliphatic heterocycles. The second-order valence-electron chi connectivity index (χ2n) is 2.90. The summed E-state index contributed by atoms with van der Waals surface area (Å²) >= 11 is 0. The molecule has 0 aliphatic carbocycles. The number of rotatable bonds is 4. The van der Waals surface area contributed by atoms with Gasteiger partial charge in [0.05, 0.1) is 6.04 Å². The summed E-state index contributed by atoms with van der Waals surface area (Å²) in [4.78, 5) is 10.5. The van der Waals surface area contributed by atoms with E-state index in [1.165, 1.54) is 0 Å². The van der Waals surface area contributed by atoms with Gasteiger partial charge in [-0.1, -0.05) is 12.1 Å². The Kier molecular flexibility index (Phi) is 3.46. The quantitative estimate of drug-likeness (QED) is 0.670. The van der Waals surface area contributed by atoms with E-state index in [0.29, 0.717) is 6.42 Å². The fourth-order valence-corrected chi connectivity index (χ4v) is 1.10. The summed E-state index contributed by atoms with van der Waals surface area (Å²) in [6.07, 6.45) is 1.53. The van der Waals surface area contributed by atoms with Crippen LogP contribution in [0.3, 0.4) is 0 Å². The first-order valence-electron chi connectivity index (χ1n) is 4.16. The maximum absolute atomic E-state index is 10.5. The van der Waals surface area contributed by atoms with Crippen LogP contribution in [0.4, 0.5) is 0 Å². The monoisotopic (exact) mass is 179 g/mol. The van der Waals surface area contributed by atoms with Gasteiger partial charge in [0.1, 0.15) is 12.0 Å². The van der Waals surface area contributed by atoms with Gasteiger partial charge in [0.2, 0.25) is 0 Å². The number of phenols is 1. The van der Waals surface area contributed by atoms with Gasteiger partial charge in [-0.15, -0.1) is 0 Å². The third-order valence-electron chi connectivity index (χ3n) is 1.93. The first-order chi connectivity index (χ1) is 6.26. The SMILES string of the molecule is CN[C@@H](C=O)Cc1ccc(O)cc1. The lowest BCUT2D eigenvalue weighted by molar-refractivity contribution is -0.109. The van der Waals surface area contributed by atoms with Crippen LogP contribution in [0.1, 0.15) is 5.56 Å². The molecule has 0 saturated heterocycles. The zero-order chi connectivity index (χ0) is 9.68. The van der Waals surface area contributed by atoms with Crippen molar-refractivity contribution >= 4 is 6.29 Å². The summed E-state index contributed by atoms with van der Waals surface area (Å²) in [5, 5.41) is 11.9. The highest BCUT2D eigenvalue weighted by Crippen LogP contribution is 2.10. The zero-order valence-electron chi connectivity index (χ0n) is 7.53. The molecule has 0 aromatic heterocycles. The average Bonchev–Trinajstić information content (AvgIpc) is 2.17. The number of aromatic hydroxyl groups is 1. The summed E-state index contributed by atoms with van der Waals surface area (Å²) in [7, 11) is 1.75. The Bertz CT molecular complexity index is 269. The Labute approximate surface area is 77.4 Å². The Balaban J connectivity index is 2.63. The minimum Gasteiger partial charge on any atom is -0.508 e. The summed E-state index contributed by atoms with van der Waals surface area (Å²) in [6.45, 7) is 0. The van der Waals surface area contributed by atoms with E-state index in [1.807, 2.05) is 12.1 Å². The molecule has 0 bridgehead atoms. The van der Waals surface area contributed by atoms with Gasteiger partial charge in [-0.3, -0.25) is 0 Å². The molecule has 70 valence electrons. The first kappa shape index (κ1) is 9.74. The Hall–Kier alpha value is -1.35. The predicted molar refractivity (Wildman–Crippen MR) is 50.7 cm³/mol. The van der Waals surface area contributed by atoms with Crippen molar-refractivity contribution in [3.8, 4) is 5.75 Å². The fraction of sp³-hybridized carbons (Fsp3) is 0.300. The van der Waals surface area contributed by atoms with Crippen molar-refractivity contribution in [1.29, 1.82) is 0 Å². The number of carbonyl (C=O) groups excluding carboxylic acids is 1. The topological polar surface area (TPSA) is 49.3 Å². The van der Waals surface area contributed by atoms with Crippen molar-refractivity contribution < 1.29 is 9.90 Å². The molecule has 2 N–H and O–H groups in total. The highest BCUT2D eigenvalue weighted by atomic mass is 16.3. The molecule has 1 aromatic carbocycles. The molecular formula is C10H13NO2. The van der Waals surface area contributed by atoms with Gasteiger partial charge in [-0.2, -0.15) is 0 Å². The van der Waals surface area contributed by atoms with Gasteiger partial charge in [-0.25, -0.2) is 0 Å². The van der Waals surface area contributed by atoms with Crippen molar-refractivity contribution in [3.05, 3.63) is 29.8 Å². The van der Waals surface area contributed by atoms with Gasteiger partial charge in [-0.05, 0) is 31.2 Å². The number of carbonyl (C=O) groups is 1. The van der Waals surface area contributed by atoms with Crippen LogP contribution in [0.5, 0.6) is 5.75 Å². The van der Waals surface area contributed by atoms with Crippen LogP contribution in [0, 0.1) is 0 Å². The molecule has 0 spiro atoms. The molecule has 3 nitrogen and oxygen atoms in total. The summed E-state index contributed by atoms with van der Waals surface area (Å²) in [5.74, 6) is 0.246. The number of aldehydes is 1. The van der Waals surface area contributed by atoms with Crippen molar-refractivity contribution in [2.24, 2.45) is 0 Å². The maximum Gasteiger partial charge on any atom is 0.137 e. The van der Waals surface area contributed by atoms with Gasteiger partial charge >= 0.3 is 0 Å². The molecule has 0 unspecified atom stereocenters. The molecule has 13 heavy (non-hydrogen) atoms. The lowest BCUT2D eigenvalue weighted by Crippen LogP contribution is -2.28. The number of likely N-dealkylation sites (N-methyl/N-ethyl adjacent to an activating group) is 1. The van der Waals surface area contributed by atoms with E-state index in [9.17, 15) is 4.79 Å². The molecule has 0 fully saturated rings. The summed E-state index contributed by atoms with van der Waals surface area (Å²) in [6, 6.07) is 6.70. The van der Waals surface area contributed by atoms with E-state index in [0.717, 1.165) is 11.8 Å². The minimum atomic E-state index is -0.149. The van der Waals surface area contributed by atoms with Gasteiger partial charge < -0.3 is 15.2 Å². The molecule has 1 atom stereocenters. The summed E-state index contributed by atoms with van der Waals surface area (Å²) in [5.41, 5.74) is 1.03. The molecule has 1 rings (SSSR count). The zero-order valence-corrected chi connectivity index (χ0v) is 7.53. The highest BCUT2D eigenvalue weighted by Gasteiger charge is 2.04. The van der Waals surface area contributed by atoms with Gasteiger partial charge in [0.15, 0.2) is 0 Å². The fourth-order valence-electron chi connectivity index (χ4n) is 1.10. The van der Waals surface area contributed by atoms with Crippen molar-refractivity contribution in [2.45, 2.75) is 12.5 Å². The molecule has 0 heterocycles. The van der Waals surface area contributed by atoms with E-state index >= 15 is 0 Å². The van der Waals surface area contributed by atoms with Crippen molar-refractivity contribution in [1.82, 2.24) is 5.32 Å². The van der Waals surface area contributed by atoms with Crippen LogP contribution >= 0.6 is 0 Å². The van der Waals surface area contributed by atoms with Crippen LogP contribution in [-0.4, -0.2) is 24.5 Å². The third-order valence-corrected chi connectivity index (χ3v) is 1.93. The van der Waals surface area contributed by atoms with Gasteiger partial charge in [0.25, 0.3) is 0 Å². The van der Waals surface area contributed by atoms with Crippen molar-refractivity contribution in [3.63, 3.8) is 0 Å². The van der Waals surface area contributed by atoms with E-state index < -0.39 is 0 Å². The average molecular weight is 179 g/mol. The van der Waals surface area contributed by atoms with Crippen molar-refractivity contribution in [2.75, 3.05) is 7.05 Å². The second kappa shape index (κ2) is 4.62. The van der Waals surface area contributed by atoms with E-state index in [1.54, 1.807) is 19.2 Å². The number of benzene rings is 1. The molecule has 1 aromatic rings. The lowest BCUT2D eigenvalue weighted by Gasteiger charge is -2.08. The minimum absolute atomic E-state index is 0.149. The highest BCUT2D eigenvalue weighted by molar-refractivity contribution is 5.58. The van der Waals surface area contributed by atoms with E-state index in [2.05, 4.69) is 5.32 Å². The lowest BCUT2D eigenvalue weighted by atomic mass is 10.1. The molecule has 3 heteroatoms. The van der Waals surface area contributed by atoms with Gasteiger partial charge in [0, 0.05) is 0 Å². The number of hydrogen-bond acceptors (Lipinski definition) is 3. The Morgan fingerprint density at radius 3 is 2.54 bits per heavy atom. The van der Waals surface area contributed by atoms with E-state index in [-0.39, 0.29) is 11.8 Å². The predicted octanol–water partition coefficient (Wildman–Crippen LogP) is 0.722. The molecule has 0 amide bonds. The number of nitrogens with one attached hydrogen (secondary N) is 1. The van der Waals surface area contributed by atoms with E-state index in [4.69, 9.17) is 5.11 Å². The third kappa shape index (κ3) is 2.87. The molecule has 0 saturated carbocycles.